The van der Waals surface area contributed by atoms with Crippen LogP contribution in [0.1, 0.15) is 18.4 Å². The molecule has 0 atom stereocenters. The van der Waals surface area contributed by atoms with Gasteiger partial charge in [0.05, 0.1) is 17.3 Å². The summed E-state index contributed by atoms with van der Waals surface area (Å²) in [6, 6.07) is 6.02. The van der Waals surface area contributed by atoms with E-state index in [1.165, 1.54) is 0 Å². The highest BCUT2D eigenvalue weighted by atomic mass is 35.5. The molecule has 1 aliphatic rings. The molecule has 1 aromatic heterocycles. The second kappa shape index (κ2) is 6.64. The van der Waals surface area contributed by atoms with Crippen LogP contribution in [-0.4, -0.2) is 29.2 Å². The maximum absolute atomic E-state index is 9.22. The molecule has 0 spiro atoms. The summed E-state index contributed by atoms with van der Waals surface area (Å²) in [5.41, 5.74) is 1.79. The number of halogens is 1. The number of hydrogen-bond acceptors (Lipinski definition) is 5. The van der Waals surface area contributed by atoms with Crippen LogP contribution in [0.25, 0.3) is 0 Å². The topological polar surface area (TPSA) is 48.4 Å². The van der Waals surface area contributed by atoms with E-state index >= 15 is 0 Å². The van der Waals surface area contributed by atoms with Crippen LogP contribution in [0.5, 0.6) is 0 Å². The molecule has 0 aliphatic carbocycles. The highest BCUT2D eigenvalue weighted by Crippen LogP contribution is 2.27. The summed E-state index contributed by atoms with van der Waals surface area (Å²) in [5, 5.41) is 16.5. The van der Waals surface area contributed by atoms with Crippen molar-refractivity contribution in [2.24, 2.45) is 0 Å². The number of benzene rings is 1. The molecule has 0 saturated carbocycles. The molecular formula is C15H18ClN3OS. The molecule has 0 radical (unpaired) electrons. The van der Waals surface area contributed by atoms with Gasteiger partial charge >= 0.3 is 0 Å². The SMILES string of the molecule is OCc1ccc(Cl)c(NC2CCN(c3nccs3)CC2)c1. The van der Waals surface area contributed by atoms with Gasteiger partial charge in [-0.15, -0.1) is 11.3 Å². The van der Waals surface area contributed by atoms with Crippen LogP contribution in [-0.2, 0) is 6.61 Å². The lowest BCUT2D eigenvalue weighted by atomic mass is 10.0. The summed E-state index contributed by atoms with van der Waals surface area (Å²) in [5.74, 6) is 0. The van der Waals surface area contributed by atoms with Crippen molar-refractivity contribution in [1.29, 1.82) is 0 Å². The second-order valence-corrected chi connectivity index (χ2v) is 6.47. The first-order valence-corrected chi connectivity index (χ1v) is 8.32. The van der Waals surface area contributed by atoms with E-state index in [2.05, 4.69) is 15.2 Å². The highest BCUT2D eigenvalue weighted by molar-refractivity contribution is 7.13. The number of thiazole rings is 1. The molecule has 21 heavy (non-hydrogen) atoms. The van der Waals surface area contributed by atoms with Crippen LogP contribution in [0.2, 0.25) is 5.02 Å². The van der Waals surface area contributed by atoms with Gasteiger partial charge in [-0.2, -0.15) is 0 Å². The van der Waals surface area contributed by atoms with Crippen molar-refractivity contribution in [3.8, 4) is 0 Å². The fraction of sp³-hybridized carbons (Fsp3) is 0.400. The largest absolute Gasteiger partial charge is 0.392 e. The van der Waals surface area contributed by atoms with Gasteiger partial charge in [0.15, 0.2) is 5.13 Å². The van der Waals surface area contributed by atoms with Crippen molar-refractivity contribution in [2.75, 3.05) is 23.3 Å². The summed E-state index contributed by atoms with van der Waals surface area (Å²) in [6.07, 6.45) is 3.96. The van der Waals surface area contributed by atoms with E-state index in [0.29, 0.717) is 11.1 Å². The molecule has 1 aromatic carbocycles. The molecule has 0 bridgehead atoms. The maximum atomic E-state index is 9.22. The molecule has 4 nitrogen and oxygen atoms in total. The first-order chi connectivity index (χ1) is 10.3. The third-order valence-corrected chi connectivity index (χ3v) is 4.92. The third kappa shape index (κ3) is 3.48. The molecule has 112 valence electrons. The summed E-state index contributed by atoms with van der Waals surface area (Å²) in [7, 11) is 0. The zero-order valence-electron chi connectivity index (χ0n) is 11.6. The normalized spacial score (nSPS) is 16.2. The molecule has 1 aliphatic heterocycles. The Morgan fingerprint density at radius 2 is 2.19 bits per heavy atom. The Morgan fingerprint density at radius 1 is 1.38 bits per heavy atom. The van der Waals surface area contributed by atoms with Crippen molar-refractivity contribution in [3.63, 3.8) is 0 Å². The quantitative estimate of drug-likeness (QED) is 0.905. The van der Waals surface area contributed by atoms with Crippen LogP contribution in [0.4, 0.5) is 10.8 Å². The lowest BCUT2D eigenvalue weighted by molar-refractivity contribution is 0.282. The minimum Gasteiger partial charge on any atom is -0.392 e. The fourth-order valence-corrected chi connectivity index (χ4v) is 3.46. The van der Waals surface area contributed by atoms with E-state index in [1.54, 1.807) is 11.3 Å². The lowest BCUT2D eigenvalue weighted by Gasteiger charge is -2.32. The number of rotatable bonds is 4. The van der Waals surface area contributed by atoms with E-state index in [1.807, 2.05) is 29.8 Å². The molecule has 2 N–H and O–H groups in total. The Balaban J connectivity index is 1.60. The standard InChI is InChI=1S/C15H18ClN3OS/c16-13-2-1-11(10-20)9-14(13)18-12-3-6-19(7-4-12)15-17-5-8-21-15/h1-2,5,8-9,12,18,20H,3-4,6-7,10H2. The van der Waals surface area contributed by atoms with Gasteiger partial charge in [-0.05, 0) is 30.5 Å². The number of nitrogens with zero attached hydrogens (tertiary/aromatic N) is 2. The molecule has 1 saturated heterocycles. The maximum Gasteiger partial charge on any atom is 0.185 e. The molecule has 1 fully saturated rings. The molecule has 3 rings (SSSR count). The predicted molar refractivity (Wildman–Crippen MR) is 88.3 cm³/mol. The molecule has 2 aromatic rings. The Hall–Kier alpha value is -1.30. The van der Waals surface area contributed by atoms with E-state index in [0.717, 1.165) is 42.3 Å². The molecule has 6 heteroatoms. The van der Waals surface area contributed by atoms with Crippen LogP contribution in [0.15, 0.2) is 29.8 Å². The minimum absolute atomic E-state index is 0.0361. The monoisotopic (exact) mass is 323 g/mol. The van der Waals surface area contributed by atoms with Crippen LogP contribution >= 0.6 is 22.9 Å². The average Bonchev–Trinajstić information content (AvgIpc) is 3.04. The van der Waals surface area contributed by atoms with Gasteiger partial charge in [-0.25, -0.2) is 4.98 Å². The second-order valence-electron chi connectivity index (χ2n) is 5.19. The summed E-state index contributed by atoms with van der Waals surface area (Å²) < 4.78 is 0. The smallest absolute Gasteiger partial charge is 0.185 e. The molecule has 0 unspecified atom stereocenters. The Bertz CT molecular complexity index is 583. The van der Waals surface area contributed by atoms with E-state index in [9.17, 15) is 5.11 Å². The molecular weight excluding hydrogens is 306 g/mol. The lowest BCUT2D eigenvalue weighted by Crippen LogP contribution is -2.39. The van der Waals surface area contributed by atoms with Gasteiger partial charge in [0, 0.05) is 30.7 Å². The van der Waals surface area contributed by atoms with E-state index in [-0.39, 0.29) is 6.61 Å². The minimum atomic E-state index is 0.0361. The van der Waals surface area contributed by atoms with Gasteiger partial charge in [-0.1, -0.05) is 17.7 Å². The van der Waals surface area contributed by atoms with E-state index < -0.39 is 0 Å². The Morgan fingerprint density at radius 3 is 2.86 bits per heavy atom. The fourth-order valence-electron chi connectivity index (χ4n) is 2.59. The number of nitrogens with one attached hydrogen (secondary N) is 1. The van der Waals surface area contributed by atoms with Gasteiger partial charge in [0.25, 0.3) is 0 Å². The summed E-state index contributed by atoms with van der Waals surface area (Å²) >= 11 is 7.91. The van der Waals surface area contributed by atoms with Crippen molar-refractivity contribution < 1.29 is 5.11 Å². The van der Waals surface area contributed by atoms with Crippen molar-refractivity contribution >= 4 is 33.8 Å². The van der Waals surface area contributed by atoms with Crippen LogP contribution < -0.4 is 10.2 Å². The van der Waals surface area contributed by atoms with Crippen molar-refractivity contribution in [1.82, 2.24) is 4.98 Å². The number of hydrogen-bond donors (Lipinski definition) is 2. The van der Waals surface area contributed by atoms with Crippen molar-refractivity contribution in [3.05, 3.63) is 40.4 Å². The van der Waals surface area contributed by atoms with Crippen molar-refractivity contribution in [2.45, 2.75) is 25.5 Å². The Labute approximate surface area is 133 Å². The third-order valence-electron chi connectivity index (χ3n) is 3.76. The van der Waals surface area contributed by atoms with E-state index in [4.69, 9.17) is 11.6 Å². The summed E-state index contributed by atoms with van der Waals surface area (Å²) in [4.78, 5) is 6.69. The number of aromatic nitrogens is 1. The van der Waals surface area contributed by atoms with Gasteiger partial charge in [0.2, 0.25) is 0 Å². The first kappa shape index (κ1) is 14.6. The predicted octanol–water partition coefficient (Wildman–Crippen LogP) is 3.37. The highest BCUT2D eigenvalue weighted by Gasteiger charge is 2.21. The van der Waals surface area contributed by atoms with Gasteiger partial charge in [-0.3, -0.25) is 0 Å². The molecule has 2 heterocycles. The number of piperidine rings is 1. The van der Waals surface area contributed by atoms with Crippen LogP contribution in [0, 0.1) is 0 Å². The zero-order chi connectivity index (χ0) is 14.7. The number of aliphatic hydroxyl groups excluding tert-OH is 1. The van der Waals surface area contributed by atoms with Gasteiger partial charge in [0.1, 0.15) is 0 Å². The summed E-state index contributed by atoms with van der Waals surface area (Å²) in [6.45, 7) is 2.04. The van der Waals surface area contributed by atoms with Gasteiger partial charge < -0.3 is 15.3 Å². The number of anilines is 2. The number of aliphatic hydroxyl groups is 1. The molecule has 0 amide bonds. The average molecular weight is 324 g/mol. The first-order valence-electron chi connectivity index (χ1n) is 7.06. The Kier molecular flexibility index (Phi) is 4.63. The van der Waals surface area contributed by atoms with Crippen LogP contribution in [0.3, 0.4) is 0 Å². The zero-order valence-corrected chi connectivity index (χ0v) is 13.2.